The predicted octanol–water partition coefficient (Wildman–Crippen LogP) is 1.73. The fraction of sp³-hybridized carbons (Fsp3) is 0.429. The van der Waals surface area contributed by atoms with Gasteiger partial charge in [-0.1, -0.05) is 6.92 Å². The maximum atomic E-state index is 12.5. The molecule has 0 fully saturated rings. The standard InChI is InChI=1S/C21H27N3O5/c1-12-15(8-9-22-18(12)19(27)24-21(2,3)4)23-17(26)11-14-10-13(20(28)29-5)6-7-16(14)25/h6-10,12,18,25H,11H2,1-5H3,(H,23,26)(H,24,27). The third-order valence-corrected chi connectivity index (χ3v) is 4.37. The van der Waals surface area contributed by atoms with Gasteiger partial charge in [-0.15, -0.1) is 0 Å². The minimum atomic E-state index is -0.648. The van der Waals surface area contributed by atoms with Crippen molar-refractivity contribution in [2.45, 2.75) is 45.7 Å². The van der Waals surface area contributed by atoms with Crippen LogP contribution in [0.15, 0.2) is 35.0 Å². The number of dihydropyridines is 1. The Balaban J connectivity index is 2.07. The van der Waals surface area contributed by atoms with E-state index in [1.165, 1.54) is 31.5 Å². The van der Waals surface area contributed by atoms with E-state index in [0.717, 1.165) is 0 Å². The molecule has 0 saturated heterocycles. The number of aromatic hydroxyl groups is 1. The summed E-state index contributed by atoms with van der Waals surface area (Å²) in [6.07, 6.45) is 3.00. The monoisotopic (exact) mass is 401 g/mol. The van der Waals surface area contributed by atoms with E-state index in [4.69, 9.17) is 0 Å². The van der Waals surface area contributed by atoms with Crippen molar-refractivity contribution >= 4 is 24.0 Å². The predicted molar refractivity (Wildman–Crippen MR) is 109 cm³/mol. The van der Waals surface area contributed by atoms with Gasteiger partial charge in [0.15, 0.2) is 0 Å². The molecule has 0 radical (unpaired) electrons. The number of phenols is 1. The van der Waals surface area contributed by atoms with Crippen LogP contribution in [0.4, 0.5) is 0 Å². The summed E-state index contributed by atoms with van der Waals surface area (Å²) in [5.74, 6) is -1.59. The number of nitrogens with zero attached hydrogens (tertiary/aromatic N) is 1. The summed E-state index contributed by atoms with van der Waals surface area (Å²) in [6.45, 7) is 7.46. The molecule has 0 aromatic heterocycles. The van der Waals surface area contributed by atoms with Crippen LogP contribution in [0, 0.1) is 5.92 Å². The van der Waals surface area contributed by atoms with Gasteiger partial charge in [0.2, 0.25) is 11.8 Å². The molecule has 2 amide bonds. The minimum absolute atomic E-state index is 0.0949. The third-order valence-electron chi connectivity index (χ3n) is 4.37. The molecule has 2 rings (SSSR count). The number of benzene rings is 1. The van der Waals surface area contributed by atoms with Crippen molar-refractivity contribution in [3.8, 4) is 5.75 Å². The SMILES string of the molecule is COC(=O)c1ccc(O)c(CC(=O)NC2=CC=NC(C(=O)NC(C)(C)C)C2C)c1. The molecule has 8 heteroatoms. The first kappa shape index (κ1) is 22.1. The number of methoxy groups -OCH3 is 1. The largest absolute Gasteiger partial charge is 0.508 e. The van der Waals surface area contributed by atoms with E-state index in [1.807, 2.05) is 27.7 Å². The number of rotatable bonds is 5. The molecular weight excluding hydrogens is 374 g/mol. The van der Waals surface area contributed by atoms with Crippen LogP contribution in [-0.4, -0.2) is 47.8 Å². The highest BCUT2D eigenvalue weighted by Gasteiger charge is 2.31. The Labute approximate surface area is 170 Å². The van der Waals surface area contributed by atoms with Gasteiger partial charge < -0.3 is 20.5 Å². The van der Waals surface area contributed by atoms with Crippen LogP contribution in [-0.2, 0) is 20.7 Å². The molecule has 2 atom stereocenters. The molecule has 0 aliphatic carbocycles. The summed E-state index contributed by atoms with van der Waals surface area (Å²) >= 11 is 0. The molecule has 1 aromatic carbocycles. The fourth-order valence-electron chi connectivity index (χ4n) is 2.91. The van der Waals surface area contributed by atoms with Crippen LogP contribution in [0.5, 0.6) is 5.75 Å². The summed E-state index contributed by atoms with van der Waals surface area (Å²) in [6, 6.07) is 3.53. The van der Waals surface area contributed by atoms with Crippen molar-refractivity contribution in [2.24, 2.45) is 10.9 Å². The number of allylic oxidation sites excluding steroid dienone is 1. The molecule has 0 spiro atoms. The molecule has 1 heterocycles. The highest BCUT2D eigenvalue weighted by molar-refractivity contribution is 5.91. The van der Waals surface area contributed by atoms with Gasteiger partial charge in [-0.3, -0.25) is 14.6 Å². The second-order valence-corrected chi connectivity index (χ2v) is 7.95. The zero-order valence-electron chi connectivity index (χ0n) is 17.3. The Morgan fingerprint density at radius 3 is 2.55 bits per heavy atom. The summed E-state index contributed by atoms with van der Waals surface area (Å²) < 4.78 is 4.66. The number of ether oxygens (including phenoxy) is 1. The lowest BCUT2D eigenvalue weighted by atomic mass is 9.94. The molecule has 29 heavy (non-hydrogen) atoms. The normalized spacial score (nSPS) is 18.6. The van der Waals surface area contributed by atoms with E-state index < -0.39 is 12.0 Å². The molecule has 156 valence electrons. The molecule has 0 saturated carbocycles. The zero-order valence-corrected chi connectivity index (χ0v) is 17.3. The maximum Gasteiger partial charge on any atom is 0.337 e. The highest BCUT2D eigenvalue weighted by atomic mass is 16.5. The van der Waals surface area contributed by atoms with E-state index in [1.54, 1.807) is 6.08 Å². The first-order valence-electron chi connectivity index (χ1n) is 9.27. The summed E-state index contributed by atoms with van der Waals surface area (Å²) in [7, 11) is 1.26. The van der Waals surface area contributed by atoms with E-state index in [0.29, 0.717) is 11.3 Å². The van der Waals surface area contributed by atoms with Gasteiger partial charge >= 0.3 is 5.97 Å². The van der Waals surface area contributed by atoms with Crippen LogP contribution < -0.4 is 10.6 Å². The van der Waals surface area contributed by atoms with Crippen molar-refractivity contribution < 1.29 is 24.2 Å². The summed E-state index contributed by atoms with van der Waals surface area (Å²) in [5, 5.41) is 15.7. The molecule has 2 unspecified atom stereocenters. The number of esters is 1. The van der Waals surface area contributed by atoms with Gasteiger partial charge in [0, 0.05) is 28.9 Å². The lowest BCUT2D eigenvalue weighted by molar-refractivity contribution is -0.125. The van der Waals surface area contributed by atoms with Gasteiger partial charge in [-0.25, -0.2) is 4.79 Å². The second-order valence-electron chi connectivity index (χ2n) is 7.95. The van der Waals surface area contributed by atoms with Gasteiger partial charge in [0.1, 0.15) is 11.8 Å². The van der Waals surface area contributed by atoms with Crippen molar-refractivity contribution in [1.82, 2.24) is 10.6 Å². The summed E-state index contributed by atoms with van der Waals surface area (Å²) in [4.78, 5) is 40.9. The zero-order chi connectivity index (χ0) is 21.8. The van der Waals surface area contributed by atoms with Crippen LogP contribution in [0.3, 0.4) is 0 Å². The Hall–Kier alpha value is -3.16. The van der Waals surface area contributed by atoms with Gasteiger partial charge in [0.05, 0.1) is 19.1 Å². The molecule has 1 aliphatic heterocycles. The number of carbonyl (C=O) groups excluding carboxylic acids is 3. The Morgan fingerprint density at radius 1 is 1.24 bits per heavy atom. The van der Waals surface area contributed by atoms with Crippen molar-refractivity contribution in [2.75, 3.05) is 7.11 Å². The minimum Gasteiger partial charge on any atom is -0.508 e. The van der Waals surface area contributed by atoms with Crippen LogP contribution >= 0.6 is 0 Å². The third kappa shape index (κ3) is 5.91. The molecule has 8 nitrogen and oxygen atoms in total. The Kier molecular flexibility index (Phi) is 6.79. The molecule has 1 aromatic rings. The molecular formula is C21H27N3O5. The molecule has 3 N–H and O–H groups in total. The highest BCUT2D eigenvalue weighted by Crippen LogP contribution is 2.22. The van der Waals surface area contributed by atoms with Crippen molar-refractivity contribution in [1.29, 1.82) is 0 Å². The molecule has 1 aliphatic rings. The Morgan fingerprint density at radius 2 is 1.93 bits per heavy atom. The van der Waals surface area contributed by atoms with Crippen LogP contribution in [0.25, 0.3) is 0 Å². The van der Waals surface area contributed by atoms with Gasteiger partial charge in [-0.2, -0.15) is 0 Å². The van der Waals surface area contributed by atoms with E-state index in [2.05, 4.69) is 20.4 Å². The number of aliphatic imine (C=N–C) groups is 1. The smallest absolute Gasteiger partial charge is 0.337 e. The van der Waals surface area contributed by atoms with Gasteiger partial charge in [-0.05, 0) is 45.0 Å². The molecule has 0 bridgehead atoms. The average molecular weight is 401 g/mol. The van der Waals surface area contributed by atoms with Crippen molar-refractivity contribution in [3.05, 3.63) is 41.1 Å². The second kappa shape index (κ2) is 8.89. The first-order valence-corrected chi connectivity index (χ1v) is 9.27. The number of nitrogens with one attached hydrogen (secondary N) is 2. The van der Waals surface area contributed by atoms with E-state index >= 15 is 0 Å². The number of hydrogen-bond acceptors (Lipinski definition) is 6. The fourth-order valence-corrected chi connectivity index (χ4v) is 2.91. The van der Waals surface area contributed by atoms with Crippen LogP contribution in [0.1, 0.15) is 43.6 Å². The number of hydrogen-bond donors (Lipinski definition) is 3. The van der Waals surface area contributed by atoms with E-state index in [9.17, 15) is 19.5 Å². The Bertz CT molecular complexity index is 868. The van der Waals surface area contributed by atoms with Crippen LogP contribution in [0.2, 0.25) is 0 Å². The number of amides is 2. The van der Waals surface area contributed by atoms with Crippen molar-refractivity contribution in [3.63, 3.8) is 0 Å². The quantitative estimate of drug-likeness (QED) is 0.650. The topological polar surface area (TPSA) is 117 Å². The number of phenolic OH excluding ortho intramolecular Hbond substituents is 1. The lowest BCUT2D eigenvalue weighted by Crippen LogP contribution is -2.49. The first-order chi connectivity index (χ1) is 13.5. The average Bonchev–Trinajstić information content (AvgIpc) is 2.63. The number of carbonyl (C=O) groups is 3. The maximum absolute atomic E-state index is 12.5. The summed E-state index contributed by atoms with van der Waals surface area (Å²) in [5.41, 5.74) is 0.705. The van der Waals surface area contributed by atoms with Gasteiger partial charge in [0.25, 0.3) is 0 Å². The van der Waals surface area contributed by atoms with E-state index in [-0.39, 0.29) is 41.0 Å². The lowest BCUT2D eigenvalue weighted by Gasteiger charge is -2.29.